The van der Waals surface area contributed by atoms with Gasteiger partial charge in [-0.05, 0) is 40.2 Å². The van der Waals surface area contributed by atoms with Gasteiger partial charge in [-0.3, -0.25) is 4.72 Å². The van der Waals surface area contributed by atoms with Gasteiger partial charge in [-0.1, -0.05) is 24.3 Å². The summed E-state index contributed by atoms with van der Waals surface area (Å²) in [4.78, 5) is 11.1. The first kappa shape index (κ1) is 14.5. The van der Waals surface area contributed by atoms with Gasteiger partial charge in [0.2, 0.25) is 0 Å². The molecule has 0 saturated carbocycles. The van der Waals surface area contributed by atoms with Crippen LogP contribution in [0, 0.1) is 0 Å². The number of rotatable bonds is 4. The van der Waals surface area contributed by atoms with Crippen molar-refractivity contribution < 1.29 is 18.3 Å². The quantitative estimate of drug-likeness (QED) is 0.882. The maximum absolute atomic E-state index is 12.3. The Bertz CT molecular complexity index is 758. The van der Waals surface area contributed by atoms with Crippen LogP contribution in [0.4, 0.5) is 5.69 Å². The lowest BCUT2D eigenvalue weighted by molar-refractivity contribution is 0.0698. The average molecular weight is 356 g/mol. The van der Waals surface area contributed by atoms with Gasteiger partial charge in [-0.2, -0.15) is 0 Å². The monoisotopic (exact) mass is 355 g/mol. The number of carboxylic acids is 1. The SMILES string of the molecule is O=C(O)c1ccccc1NS(=O)(=O)c1ccccc1Br. The zero-order valence-electron chi connectivity index (χ0n) is 10.1. The van der Waals surface area contributed by atoms with Crippen molar-refractivity contribution in [2.45, 2.75) is 4.90 Å². The van der Waals surface area contributed by atoms with Crippen LogP contribution in [0.2, 0.25) is 0 Å². The Balaban J connectivity index is 2.45. The molecule has 0 unspecified atom stereocenters. The minimum absolute atomic E-state index is 0.0238. The molecule has 0 aliphatic rings. The first-order valence-corrected chi connectivity index (χ1v) is 7.79. The summed E-state index contributed by atoms with van der Waals surface area (Å²) < 4.78 is 27.2. The normalized spacial score (nSPS) is 11.1. The van der Waals surface area contributed by atoms with Gasteiger partial charge in [0.1, 0.15) is 4.90 Å². The highest BCUT2D eigenvalue weighted by Crippen LogP contribution is 2.25. The number of hydrogen-bond acceptors (Lipinski definition) is 3. The van der Waals surface area contributed by atoms with Crippen LogP contribution in [0.5, 0.6) is 0 Å². The standard InChI is InChI=1S/C13H10BrNO4S/c14-10-6-2-4-8-12(10)20(18,19)15-11-7-3-1-5-9(11)13(16)17/h1-8,15H,(H,16,17). The second kappa shape index (κ2) is 5.64. The number of carbonyl (C=O) groups is 1. The molecule has 0 amide bonds. The lowest BCUT2D eigenvalue weighted by Crippen LogP contribution is -2.16. The molecule has 0 aliphatic carbocycles. The summed E-state index contributed by atoms with van der Waals surface area (Å²) in [6, 6.07) is 12.1. The van der Waals surface area contributed by atoms with Gasteiger partial charge in [0.25, 0.3) is 10.0 Å². The second-order valence-electron chi connectivity index (χ2n) is 3.89. The molecule has 2 N–H and O–H groups in total. The third-order valence-electron chi connectivity index (χ3n) is 2.53. The third kappa shape index (κ3) is 3.00. The fourth-order valence-corrected chi connectivity index (χ4v) is 3.71. The first-order chi connectivity index (χ1) is 9.42. The summed E-state index contributed by atoms with van der Waals surface area (Å²) in [7, 11) is -3.86. The van der Waals surface area contributed by atoms with E-state index in [1.165, 1.54) is 24.3 Å². The predicted octanol–water partition coefficient (Wildman–Crippen LogP) is 2.95. The van der Waals surface area contributed by atoms with Gasteiger partial charge in [0.15, 0.2) is 0 Å². The molecule has 0 aromatic heterocycles. The number of aromatic carboxylic acids is 1. The Morgan fingerprint density at radius 1 is 1.05 bits per heavy atom. The molecule has 2 rings (SSSR count). The summed E-state index contributed by atoms with van der Waals surface area (Å²) in [5.74, 6) is -1.20. The molecule has 0 spiro atoms. The number of anilines is 1. The summed E-state index contributed by atoms with van der Waals surface area (Å²) in [6.07, 6.45) is 0. The molecule has 0 heterocycles. The van der Waals surface area contributed by atoms with Crippen molar-refractivity contribution in [2.75, 3.05) is 4.72 Å². The zero-order chi connectivity index (χ0) is 14.8. The smallest absolute Gasteiger partial charge is 0.337 e. The van der Waals surface area contributed by atoms with Gasteiger partial charge in [0.05, 0.1) is 11.3 Å². The van der Waals surface area contributed by atoms with Gasteiger partial charge in [-0.25, -0.2) is 13.2 Å². The number of nitrogens with one attached hydrogen (secondary N) is 1. The largest absolute Gasteiger partial charge is 0.478 e. The molecule has 0 fully saturated rings. The number of carboxylic acid groups (broad SMARTS) is 1. The van der Waals surface area contributed by atoms with Crippen molar-refractivity contribution in [2.24, 2.45) is 0 Å². The fraction of sp³-hybridized carbons (Fsp3) is 0. The van der Waals surface area contributed by atoms with Crippen molar-refractivity contribution in [3.8, 4) is 0 Å². The Morgan fingerprint density at radius 3 is 2.30 bits per heavy atom. The number of para-hydroxylation sites is 1. The maximum Gasteiger partial charge on any atom is 0.337 e. The summed E-state index contributed by atoms with van der Waals surface area (Å²) in [5, 5.41) is 9.04. The van der Waals surface area contributed by atoms with Crippen LogP contribution < -0.4 is 4.72 Å². The van der Waals surface area contributed by atoms with Crippen molar-refractivity contribution >= 4 is 37.6 Å². The van der Waals surface area contributed by atoms with E-state index in [-0.39, 0.29) is 16.1 Å². The number of benzene rings is 2. The van der Waals surface area contributed by atoms with Crippen LogP contribution in [0.3, 0.4) is 0 Å². The van der Waals surface area contributed by atoms with E-state index in [0.29, 0.717) is 4.47 Å². The number of halogens is 1. The molecule has 0 bridgehead atoms. The molecule has 0 radical (unpaired) electrons. The maximum atomic E-state index is 12.3. The zero-order valence-corrected chi connectivity index (χ0v) is 12.5. The van der Waals surface area contributed by atoms with Crippen molar-refractivity contribution in [1.29, 1.82) is 0 Å². The Morgan fingerprint density at radius 2 is 1.65 bits per heavy atom. The van der Waals surface area contributed by atoms with Crippen LogP contribution >= 0.6 is 15.9 Å². The summed E-state index contributed by atoms with van der Waals surface area (Å²) in [5.41, 5.74) is -0.0844. The molecule has 104 valence electrons. The van der Waals surface area contributed by atoms with Gasteiger partial charge >= 0.3 is 5.97 Å². The molecule has 0 saturated heterocycles. The van der Waals surface area contributed by atoms with E-state index >= 15 is 0 Å². The van der Waals surface area contributed by atoms with Crippen LogP contribution in [0.15, 0.2) is 57.9 Å². The van der Waals surface area contributed by atoms with Crippen molar-refractivity contribution in [3.05, 3.63) is 58.6 Å². The summed E-state index contributed by atoms with van der Waals surface area (Å²) >= 11 is 3.16. The van der Waals surface area contributed by atoms with Gasteiger partial charge < -0.3 is 5.11 Å². The minimum atomic E-state index is -3.86. The van der Waals surface area contributed by atoms with E-state index < -0.39 is 16.0 Å². The second-order valence-corrected chi connectivity index (χ2v) is 6.39. The highest BCUT2D eigenvalue weighted by atomic mass is 79.9. The highest BCUT2D eigenvalue weighted by Gasteiger charge is 2.20. The Labute approximate surface area is 124 Å². The van der Waals surface area contributed by atoms with E-state index in [9.17, 15) is 13.2 Å². The Hall–Kier alpha value is -1.86. The summed E-state index contributed by atoms with van der Waals surface area (Å²) in [6.45, 7) is 0. The minimum Gasteiger partial charge on any atom is -0.478 e. The van der Waals surface area contributed by atoms with Gasteiger partial charge in [0, 0.05) is 4.47 Å². The molecule has 0 atom stereocenters. The topological polar surface area (TPSA) is 83.5 Å². The van der Waals surface area contributed by atoms with Crippen LogP contribution in [0.1, 0.15) is 10.4 Å². The van der Waals surface area contributed by atoms with Gasteiger partial charge in [-0.15, -0.1) is 0 Å². The molecule has 0 aliphatic heterocycles. The van der Waals surface area contributed by atoms with Crippen molar-refractivity contribution in [3.63, 3.8) is 0 Å². The first-order valence-electron chi connectivity index (χ1n) is 5.51. The van der Waals surface area contributed by atoms with Crippen LogP contribution in [0.25, 0.3) is 0 Å². The van der Waals surface area contributed by atoms with Crippen LogP contribution in [-0.2, 0) is 10.0 Å². The Kier molecular flexibility index (Phi) is 4.10. The van der Waals surface area contributed by atoms with E-state index in [1.807, 2.05) is 0 Å². The van der Waals surface area contributed by atoms with Crippen LogP contribution in [-0.4, -0.2) is 19.5 Å². The van der Waals surface area contributed by atoms with Crippen molar-refractivity contribution in [1.82, 2.24) is 0 Å². The molecular weight excluding hydrogens is 346 g/mol. The lowest BCUT2D eigenvalue weighted by atomic mass is 10.2. The molecular formula is C13H10BrNO4S. The molecule has 5 nitrogen and oxygen atoms in total. The fourth-order valence-electron chi connectivity index (χ4n) is 1.62. The highest BCUT2D eigenvalue weighted by molar-refractivity contribution is 9.10. The lowest BCUT2D eigenvalue weighted by Gasteiger charge is -2.11. The predicted molar refractivity (Wildman–Crippen MR) is 78.4 cm³/mol. The average Bonchev–Trinajstić information content (AvgIpc) is 2.39. The number of sulfonamides is 1. The molecule has 20 heavy (non-hydrogen) atoms. The number of hydrogen-bond donors (Lipinski definition) is 2. The van der Waals surface area contributed by atoms with E-state index in [1.54, 1.807) is 24.3 Å². The molecule has 2 aromatic rings. The third-order valence-corrected chi connectivity index (χ3v) is 4.91. The molecule has 7 heteroatoms. The van der Waals surface area contributed by atoms with E-state index in [2.05, 4.69) is 20.7 Å². The van der Waals surface area contributed by atoms with E-state index in [0.717, 1.165) is 0 Å². The molecule has 2 aromatic carbocycles. The van der Waals surface area contributed by atoms with E-state index in [4.69, 9.17) is 5.11 Å².